The van der Waals surface area contributed by atoms with Gasteiger partial charge in [0.25, 0.3) is 11.8 Å². The van der Waals surface area contributed by atoms with Crippen molar-refractivity contribution in [3.05, 3.63) is 81.5 Å². The van der Waals surface area contributed by atoms with E-state index in [4.69, 9.17) is 16.3 Å². The Bertz CT molecular complexity index is 1230. The van der Waals surface area contributed by atoms with E-state index in [0.717, 1.165) is 10.5 Å². The first-order valence-corrected chi connectivity index (χ1v) is 11.8. The van der Waals surface area contributed by atoms with Crippen LogP contribution in [0.3, 0.4) is 0 Å². The largest absolute Gasteiger partial charge is 0.427 e. The highest BCUT2D eigenvalue weighted by Crippen LogP contribution is 2.29. The number of amides is 3. The fraction of sp³-hybridized carbons (Fsp3) is 0.200. The number of esters is 1. The number of nitrogens with zero attached hydrogens (tertiary/aromatic N) is 2. The van der Waals surface area contributed by atoms with Gasteiger partial charge in [0.05, 0.1) is 17.0 Å². The van der Waals surface area contributed by atoms with Gasteiger partial charge in [-0.05, 0) is 59.8 Å². The van der Waals surface area contributed by atoms with Crippen molar-refractivity contribution in [1.29, 1.82) is 0 Å². The van der Waals surface area contributed by atoms with Gasteiger partial charge >= 0.3 is 5.97 Å². The molecule has 2 heterocycles. The number of anilines is 1. The topological polar surface area (TPSA) is 84.0 Å². The highest BCUT2D eigenvalue weighted by molar-refractivity contribution is 7.12. The number of thiophene rings is 1. The van der Waals surface area contributed by atoms with Crippen LogP contribution in [0.4, 0.5) is 5.69 Å². The summed E-state index contributed by atoms with van der Waals surface area (Å²) in [4.78, 5) is 53.7. The van der Waals surface area contributed by atoms with E-state index < -0.39 is 23.8 Å². The number of imide groups is 1. The molecule has 1 aliphatic rings. The molecule has 1 unspecified atom stereocenters. The summed E-state index contributed by atoms with van der Waals surface area (Å²) in [7, 11) is 0. The van der Waals surface area contributed by atoms with Gasteiger partial charge in [-0.2, -0.15) is 0 Å². The maximum absolute atomic E-state index is 13.4. The molecule has 3 aromatic rings. The van der Waals surface area contributed by atoms with Gasteiger partial charge < -0.3 is 9.64 Å². The number of hydrogen-bond acceptors (Lipinski definition) is 6. The quantitative estimate of drug-likeness (QED) is 0.276. The molecule has 1 fully saturated rings. The first kappa shape index (κ1) is 23.7. The molecule has 1 aliphatic heterocycles. The second-order valence-corrected chi connectivity index (χ2v) is 9.11. The van der Waals surface area contributed by atoms with Gasteiger partial charge in [0.2, 0.25) is 5.91 Å². The van der Waals surface area contributed by atoms with Crippen molar-refractivity contribution in [2.24, 2.45) is 0 Å². The van der Waals surface area contributed by atoms with Crippen LogP contribution < -0.4 is 9.64 Å². The monoisotopic (exact) mass is 496 g/mol. The summed E-state index contributed by atoms with van der Waals surface area (Å²) in [6, 6.07) is 16.0. The highest BCUT2D eigenvalue weighted by atomic mass is 35.5. The Hall–Kier alpha value is -3.49. The maximum atomic E-state index is 13.4. The third-order valence-corrected chi connectivity index (χ3v) is 6.47. The number of carbonyl (C=O) groups excluding carboxylic acids is 4. The third kappa shape index (κ3) is 5.18. The molecule has 174 valence electrons. The van der Waals surface area contributed by atoms with E-state index in [1.165, 1.54) is 47.4 Å². The van der Waals surface area contributed by atoms with E-state index in [9.17, 15) is 19.2 Å². The summed E-state index contributed by atoms with van der Waals surface area (Å²) in [5.74, 6) is -1.33. The molecule has 1 aromatic heterocycles. The van der Waals surface area contributed by atoms with Crippen LogP contribution in [-0.4, -0.2) is 41.2 Å². The molecule has 7 nitrogen and oxygen atoms in total. The maximum Gasteiger partial charge on any atom is 0.308 e. The van der Waals surface area contributed by atoms with Crippen molar-refractivity contribution in [3.8, 4) is 5.75 Å². The van der Waals surface area contributed by atoms with Crippen molar-refractivity contribution < 1.29 is 23.9 Å². The van der Waals surface area contributed by atoms with Crippen LogP contribution in [0.1, 0.15) is 28.6 Å². The zero-order chi connectivity index (χ0) is 24.2. The SMILES string of the molecule is CC(=O)Oc1ccc(N2C(=O)CC(N(CCc3cccc(Cl)c3)C(=O)c3cccs3)C2=O)cc1. The zero-order valence-electron chi connectivity index (χ0n) is 18.3. The molecule has 0 aliphatic carbocycles. The molecule has 0 N–H and O–H groups in total. The third-order valence-electron chi connectivity index (χ3n) is 5.38. The van der Waals surface area contributed by atoms with E-state index >= 15 is 0 Å². The van der Waals surface area contributed by atoms with E-state index in [0.29, 0.717) is 27.8 Å². The Balaban J connectivity index is 1.58. The summed E-state index contributed by atoms with van der Waals surface area (Å²) < 4.78 is 5.01. The van der Waals surface area contributed by atoms with Crippen LogP contribution in [0, 0.1) is 0 Å². The molecular formula is C25H21ClN2O5S. The van der Waals surface area contributed by atoms with Crippen LogP contribution in [0.2, 0.25) is 5.02 Å². The fourth-order valence-electron chi connectivity index (χ4n) is 3.84. The molecule has 0 saturated carbocycles. The first-order valence-electron chi connectivity index (χ1n) is 10.6. The Morgan fingerprint density at radius 3 is 2.53 bits per heavy atom. The molecule has 0 spiro atoms. The Morgan fingerprint density at radius 1 is 1.12 bits per heavy atom. The van der Waals surface area contributed by atoms with Gasteiger partial charge in [-0.25, -0.2) is 4.90 Å². The number of carbonyl (C=O) groups is 4. The molecular weight excluding hydrogens is 476 g/mol. The number of hydrogen-bond donors (Lipinski definition) is 0. The predicted molar refractivity (Wildman–Crippen MR) is 129 cm³/mol. The molecule has 1 saturated heterocycles. The molecule has 0 radical (unpaired) electrons. The Morgan fingerprint density at radius 2 is 1.88 bits per heavy atom. The summed E-state index contributed by atoms with van der Waals surface area (Å²) in [5.41, 5.74) is 1.28. The van der Waals surface area contributed by atoms with E-state index in [-0.39, 0.29) is 18.9 Å². The average Bonchev–Trinajstić information content (AvgIpc) is 3.43. The van der Waals surface area contributed by atoms with Gasteiger partial charge in [0, 0.05) is 18.5 Å². The summed E-state index contributed by atoms with van der Waals surface area (Å²) in [6.45, 7) is 1.54. The second-order valence-electron chi connectivity index (χ2n) is 7.73. The van der Waals surface area contributed by atoms with Crippen LogP contribution in [0.15, 0.2) is 66.0 Å². The van der Waals surface area contributed by atoms with Gasteiger partial charge in [0.15, 0.2) is 0 Å². The van der Waals surface area contributed by atoms with Crippen molar-refractivity contribution in [2.75, 3.05) is 11.4 Å². The summed E-state index contributed by atoms with van der Waals surface area (Å²) in [5, 5.41) is 2.38. The zero-order valence-corrected chi connectivity index (χ0v) is 19.8. The number of benzene rings is 2. The van der Waals surface area contributed by atoms with E-state index in [1.54, 1.807) is 23.6 Å². The minimum atomic E-state index is -0.922. The fourth-order valence-corrected chi connectivity index (χ4v) is 4.73. The number of ether oxygens (including phenoxy) is 1. The van der Waals surface area contributed by atoms with Crippen molar-refractivity contribution in [1.82, 2.24) is 4.90 Å². The number of rotatable bonds is 7. The Labute approximate surface area is 205 Å². The van der Waals surface area contributed by atoms with Crippen molar-refractivity contribution in [2.45, 2.75) is 25.8 Å². The standard InChI is InChI=1S/C25H21ClN2O5S/c1-16(29)33-20-9-7-19(8-10-20)28-23(30)15-21(24(28)31)27(25(32)22-6-3-13-34-22)12-11-17-4-2-5-18(26)14-17/h2-10,13-14,21H,11-12,15H2,1H3. The molecule has 1 atom stereocenters. The van der Waals surface area contributed by atoms with Gasteiger partial charge in [-0.15, -0.1) is 11.3 Å². The van der Waals surface area contributed by atoms with Gasteiger partial charge in [-0.3, -0.25) is 19.2 Å². The van der Waals surface area contributed by atoms with Crippen molar-refractivity contribution in [3.63, 3.8) is 0 Å². The lowest BCUT2D eigenvalue weighted by molar-refractivity contribution is -0.132. The van der Waals surface area contributed by atoms with Crippen LogP contribution in [0.25, 0.3) is 0 Å². The van der Waals surface area contributed by atoms with E-state index in [2.05, 4.69) is 0 Å². The first-order chi connectivity index (χ1) is 16.3. The van der Waals surface area contributed by atoms with E-state index in [1.807, 2.05) is 18.2 Å². The number of halogens is 1. The minimum absolute atomic E-state index is 0.114. The summed E-state index contributed by atoms with van der Waals surface area (Å²) >= 11 is 7.37. The molecule has 2 aromatic carbocycles. The normalized spacial score (nSPS) is 15.5. The highest BCUT2D eigenvalue weighted by Gasteiger charge is 2.44. The predicted octanol–water partition coefficient (Wildman–Crippen LogP) is 4.34. The second kappa shape index (κ2) is 10.2. The Kier molecular flexibility index (Phi) is 7.09. The average molecular weight is 497 g/mol. The van der Waals surface area contributed by atoms with Gasteiger partial charge in [-0.1, -0.05) is 29.8 Å². The van der Waals surface area contributed by atoms with Crippen LogP contribution >= 0.6 is 22.9 Å². The lowest BCUT2D eigenvalue weighted by atomic mass is 10.1. The van der Waals surface area contributed by atoms with Crippen molar-refractivity contribution >= 4 is 52.3 Å². The molecule has 3 amide bonds. The van der Waals surface area contributed by atoms with Gasteiger partial charge in [0.1, 0.15) is 11.8 Å². The summed E-state index contributed by atoms with van der Waals surface area (Å²) in [6.07, 6.45) is 0.365. The smallest absolute Gasteiger partial charge is 0.308 e. The molecule has 4 rings (SSSR count). The minimum Gasteiger partial charge on any atom is -0.427 e. The molecule has 34 heavy (non-hydrogen) atoms. The lowest BCUT2D eigenvalue weighted by Crippen LogP contribution is -2.46. The molecule has 9 heteroatoms. The lowest BCUT2D eigenvalue weighted by Gasteiger charge is -2.27. The van der Waals surface area contributed by atoms with Crippen LogP contribution in [-0.2, 0) is 20.8 Å². The molecule has 0 bridgehead atoms. The van der Waals surface area contributed by atoms with Crippen LogP contribution in [0.5, 0.6) is 5.75 Å².